The van der Waals surface area contributed by atoms with Gasteiger partial charge in [-0.2, -0.15) is 0 Å². The molecule has 1 amide bonds. The number of benzene rings is 1. The van der Waals surface area contributed by atoms with Gasteiger partial charge in [0.1, 0.15) is 12.4 Å². The Balaban J connectivity index is 1.86. The van der Waals surface area contributed by atoms with Gasteiger partial charge in [0.05, 0.1) is 18.2 Å². The summed E-state index contributed by atoms with van der Waals surface area (Å²) in [5.74, 6) is 0.775. The number of rotatable bonds is 2. The van der Waals surface area contributed by atoms with E-state index < -0.39 is 0 Å². The van der Waals surface area contributed by atoms with Gasteiger partial charge in [0.2, 0.25) is 0 Å². The molecule has 2 aliphatic heterocycles. The molecular weight excluding hydrogens is 322 g/mol. The number of aliphatic hydroxyl groups excluding tert-OH is 1. The van der Waals surface area contributed by atoms with Gasteiger partial charge in [-0.05, 0) is 37.1 Å². The van der Waals surface area contributed by atoms with Gasteiger partial charge in [0, 0.05) is 16.6 Å². The summed E-state index contributed by atoms with van der Waals surface area (Å²) in [6, 6.07) is 5.70. The zero-order chi connectivity index (χ0) is 14.1. The third-order valence-corrected chi connectivity index (χ3v) is 4.30. The molecule has 4 nitrogen and oxygen atoms in total. The summed E-state index contributed by atoms with van der Waals surface area (Å²) in [5, 5.41) is 9.33. The number of ether oxygens (including phenoxy) is 1. The molecule has 20 heavy (non-hydrogen) atoms. The van der Waals surface area contributed by atoms with E-state index in [-0.39, 0.29) is 18.6 Å². The van der Waals surface area contributed by atoms with Crippen molar-refractivity contribution in [3.8, 4) is 5.75 Å². The number of nitrogens with zero attached hydrogens (tertiary/aromatic N) is 1. The van der Waals surface area contributed by atoms with Gasteiger partial charge in [-0.1, -0.05) is 15.9 Å². The molecule has 1 atom stereocenters. The van der Waals surface area contributed by atoms with Crippen LogP contribution in [0.4, 0.5) is 0 Å². The predicted molar refractivity (Wildman–Crippen MR) is 79.4 cm³/mol. The third-order valence-electron chi connectivity index (χ3n) is 3.81. The van der Waals surface area contributed by atoms with Crippen molar-refractivity contribution >= 4 is 27.9 Å². The van der Waals surface area contributed by atoms with E-state index >= 15 is 0 Å². The molecule has 1 N–H and O–H groups in total. The molecule has 2 aliphatic rings. The second-order valence-electron chi connectivity index (χ2n) is 5.12. The highest BCUT2D eigenvalue weighted by Crippen LogP contribution is 2.30. The summed E-state index contributed by atoms with van der Waals surface area (Å²) >= 11 is 3.42. The lowest BCUT2D eigenvalue weighted by atomic mass is 10.1. The van der Waals surface area contributed by atoms with Crippen LogP contribution in [0.15, 0.2) is 28.2 Å². The molecule has 1 unspecified atom stereocenters. The van der Waals surface area contributed by atoms with Crippen molar-refractivity contribution in [1.82, 2.24) is 4.90 Å². The van der Waals surface area contributed by atoms with Crippen LogP contribution in [0.2, 0.25) is 0 Å². The van der Waals surface area contributed by atoms with Crippen molar-refractivity contribution in [1.29, 1.82) is 0 Å². The van der Waals surface area contributed by atoms with E-state index in [1.54, 1.807) is 4.90 Å². The van der Waals surface area contributed by atoms with Crippen LogP contribution in [-0.2, 0) is 4.79 Å². The Morgan fingerprint density at radius 2 is 2.35 bits per heavy atom. The molecular formula is C15H16BrNO3. The van der Waals surface area contributed by atoms with Gasteiger partial charge in [-0.3, -0.25) is 4.79 Å². The van der Waals surface area contributed by atoms with Crippen LogP contribution in [0, 0.1) is 0 Å². The first kappa shape index (κ1) is 13.6. The van der Waals surface area contributed by atoms with Crippen LogP contribution in [0.5, 0.6) is 5.75 Å². The minimum absolute atomic E-state index is 0.0211. The van der Waals surface area contributed by atoms with Gasteiger partial charge in [0.25, 0.3) is 5.91 Å². The van der Waals surface area contributed by atoms with Gasteiger partial charge in [-0.15, -0.1) is 0 Å². The van der Waals surface area contributed by atoms with E-state index in [1.807, 2.05) is 24.3 Å². The second-order valence-corrected chi connectivity index (χ2v) is 6.03. The Morgan fingerprint density at radius 1 is 1.50 bits per heavy atom. The number of carbonyl (C=O) groups is 1. The molecule has 0 radical (unpaired) electrons. The molecule has 5 heteroatoms. The number of hydrogen-bond acceptors (Lipinski definition) is 3. The molecule has 1 aromatic carbocycles. The molecule has 0 aromatic heterocycles. The Labute approximate surface area is 126 Å². The molecule has 0 spiro atoms. The van der Waals surface area contributed by atoms with E-state index in [2.05, 4.69) is 15.9 Å². The molecule has 2 heterocycles. The summed E-state index contributed by atoms with van der Waals surface area (Å²) in [5.41, 5.74) is 1.56. The Kier molecular flexibility index (Phi) is 3.81. The number of fused-ring (bicyclic) bond motifs is 1. The van der Waals surface area contributed by atoms with E-state index in [4.69, 9.17) is 4.74 Å². The summed E-state index contributed by atoms with van der Waals surface area (Å²) in [4.78, 5) is 14.3. The maximum atomic E-state index is 12.5. The van der Waals surface area contributed by atoms with Gasteiger partial charge < -0.3 is 14.7 Å². The van der Waals surface area contributed by atoms with Crippen LogP contribution < -0.4 is 4.74 Å². The van der Waals surface area contributed by atoms with Gasteiger partial charge in [0.15, 0.2) is 0 Å². The zero-order valence-corrected chi connectivity index (χ0v) is 12.6. The van der Waals surface area contributed by atoms with Crippen LogP contribution in [-0.4, -0.2) is 41.7 Å². The van der Waals surface area contributed by atoms with Gasteiger partial charge in [-0.25, -0.2) is 0 Å². The number of hydrogen-bond donors (Lipinski definition) is 1. The number of likely N-dealkylation sites (tertiary alicyclic amines) is 1. The average molecular weight is 338 g/mol. The summed E-state index contributed by atoms with van der Waals surface area (Å²) < 4.78 is 6.60. The highest BCUT2D eigenvalue weighted by molar-refractivity contribution is 9.10. The van der Waals surface area contributed by atoms with Crippen LogP contribution >= 0.6 is 15.9 Å². The minimum Gasteiger partial charge on any atom is -0.488 e. The molecule has 0 bridgehead atoms. The normalized spacial score (nSPS) is 21.2. The van der Waals surface area contributed by atoms with Crippen molar-refractivity contribution < 1.29 is 14.6 Å². The van der Waals surface area contributed by atoms with Crippen LogP contribution in [0.25, 0.3) is 6.08 Å². The molecule has 3 rings (SSSR count). The maximum Gasteiger partial charge on any atom is 0.253 e. The van der Waals surface area contributed by atoms with E-state index in [0.717, 1.165) is 28.6 Å². The molecule has 106 valence electrons. The second kappa shape index (κ2) is 5.58. The van der Waals surface area contributed by atoms with Crippen molar-refractivity contribution in [3.05, 3.63) is 33.8 Å². The molecule has 1 aromatic rings. The SMILES string of the molecule is O=C(C1=Cc2cc(Br)ccc2OC1)N1CCCC1CO. The smallest absolute Gasteiger partial charge is 0.253 e. The molecule has 1 saturated heterocycles. The Bertz CT molecular complexity index is 570. The first-order valence-electron chi connectivity index (χ1n) is 6.74. The highest BCUT2D eigenvalue weighted by Gasteiger charge is 2.31. The number of aliphatic hydroxyl groups is 1. The largest absolute Gasteiger partial charge is 0.488 e. The number of carbonyl (C=O) groups excluding carboxylic acids is 1. The van der Waals surface area contributed by atoms with E-state index in [0.29, 0.717) is 18.7 Å². The highest BCUT2D eigenvalue weighted by atomic mass is 79.9. The van der Waals surface area contributed by atoms with E-state index in [1.165, 1.54) is 0 Å². The fourth-order valence-electron chi connectivity index (χ4n) is 2.75. The van der Waals surface area contributed by atoms with E-state index in [9.17, 15) is 9.90 Å². The van der Waals surface area contributed by atoms with Crippen LogP contribution in [0.3, 0.4) is 0 Å². The number of amides is 1. The summed E-state index contributed by atoms with van der Waals surface area (Å²) in [6.07, 6.45) is 3.71. The first-order chi connectivity index (χ1) is 9.69. The van der Waals surface area contributed by atoms with Crippen molar-refractivity contribution in [3.63, 3.8) is 0 Å². The summed E-state index contributed by atoms with van der Waals surface area (Å²) in [6.45, 7) is 1.04. The van der Waals surface area contributed by atoms with Crippen molar-refractivity contribution in [2.45, 2.75) is 18.9 Å². The lowest BCUT2D eigenvalue weighted by Crippen LogP contribution is -2.39. The standard InChI is InChI=1S/C15H16BrNO3/c16-12-3-4-14-10(7-12)6-11(9-20-14)15(19)17-5-1-2-13(17)8-18/h3-4,6-7,13,18H,1-2,5,8-9H2. The Morgan fingerprint density at radius 3 is 3.15 bits per heavy atom. The Hall–Kier alpha value is -1.33. The van der Waals surface area contributed by atoms with Gasteiger partial charge >= 0.3 is 0 Å². The minimum atomic E-state index is -0.0488. The fourth-order valence-corrected chi connectivity index (χ4v) is 3.13. The summed E-state index contributed by atoms with van der Waals surface area (Å²) in [7, 11) is 0. The zero-order valence-electron chi connectivity index (χ0n) is 11.0. The molecule has 1 fully saturated rings. The quantitative estimate of drug-likeness (QED) is 0.900. The monoisotopic (exact) mass is 337 g/mol. The lowest BCUT2D eigenvalue weighted by Gasteiger charge is -2.26. The lowest BCUT2D eigenvalue weighted by molar-refractivity contribution is -0.128. The third kappa shape index (κ3) is 2.47. The molecule has 0 saturated carbocycles. The van der Waals surface area contributed by atoms with Crippen molar-refractivity contribution in [2.24, 2.45) is 0 Å². The van der Waals surface area contributed by atoms with Crippen molar-refractivity contribution in [2.75, 3.05) is 19.8 Å². The fraction of sp³-hybridized carbons (Fsp3) is 0.400. The van der Waals surface area contributed by atoms with Crippen LogP contribution in [0.1, 0.15) is 18.4 Å². The predicted octanol–water partition coefficient (Wildman–Crippen LogP) is 2.21. The molecule has 0 aliphatic carbocycles. The topological polar surface area (TPSA) is 49.8 Å². The maximum absolute atomic E-state index is 12.5. The first-order valence-corrected chi connectivity index (χ1v) is 7.53. The average Bonchev–Trinajstić information content (AvgIpc) is 2.94. The number of halogens is 1.